The number of halogens is 2. The molecule has 0 radical (unpaired) electrons. The molecule has 1 saturated carbocycles. The molecule has 1 amide bonds. The van der Waals surface area contributed by atoms with E-state index in [1.165, 1.54) is 12.1 Å². The van der Waals surface area contributed by atoms with Crippen molar-refractivity contribution in [2.24, 2.45) is 0 Å². The highest BCUT2D eigenvalue weighted by Crippen LogP contribution is 2.42. The van der Waals surface area contributed by atoms with Gasteiger partial charge < -0.3 is 0 Å². The standard InChI is InChI=1S/C12H12ClFNO/c1-15(9-2-3-9)6-7-4-8(14)5-10(13)11(7)12(15)16/h4-5,9H,2-3,6H2,1H3/q+1. The Bertz CT molecular complexity index is 498. The quantitative estimate of drug-likeness (QED) is 0.690. The lowest BCUT2D eigenvalue weighted by molar-refractivity contribution is -0.849. The van der Waals surface area contributed by atoms with Gasteiger partial charge in [0.2, 0.25) is 0 Å². The number of nitrogens with zero attached hydrogens (tertiary/aromatic N) is 1. The van der Waals surface area contributed by atoms with E-state index in [2.05, 4.69) is 0 Å². The molecule has 4 heteroatoms. The van der Waals surface area contributed by atoms with Gasteiger partial charge in [-0.15, -0.1) is 0 Å². The predicted molar refractivity (Wildman–Crippen MR) is 58.7 cm³/mol. The summed E-state index contributed by atoms with van der Waals surface area (Å²) in [6.45, 7) is 0.580. The highest BCUT2D eigenvalue weighted by atomic mass is 35.5. The second kappa shape index (κ2) is 3.05. The molecule has 0 spiro atoms. The molecule has 2 aliphatic rings. The summed E-state index contributed by atoms with van der Waals surface area (Å²) in [5.74, 6) is -0.316. The van der Waals surface area contributed by atoms with Crippen LogP contribution in [0.2, 0.25) is 5.02 Å². The molecule has 0 N–H and O–H groups in total. The number of carbonyl (C=O) groups excluding carboxylic acids is 1. The summed E-state index contributed by atoms with van der Waals surface area (Å²) in [5.41, 5.74) is 1.28. The second-order valence-corrected chi connectivity index (χ2v) is 5.29. The smallest absolute Gasteiger partial charge is 0.252 e. The van der Waals surface area contributed by atoms with E-state index in [1.54, 1.807) is 0 Å². The molecule has 84 valence electrons. The first-order valence-corrected chi connectivity index (χ1v) is 5.78. The molecular weight excluding hydrogens is 229 g/mol. The van der Waals surface area contributed by atoms with Crippen molar-refractivity contribution in [1.82, 2.24) is 0 Å². The molecule has 1 aliphatic carbocycles. The molecule has 3 rings (SSSR count). The van der Waals surface area contributed by atoms with Crippen molar-refractivity contribution in [3.8, 4) is 0 Å². The maximum Gasteiger partial charge on any atom is 0.348 e. The molecule has 0 saturated heterocycles. The lowest BCUT2D eigenvalue weighted by atomic mass is 10.1. The Morgan fingerprint density at radius 3 is 2.75 bits per heavy atom. The molecule has 16 heavy (non-hydrogen) atoms. The SMILES string of the molecule is C[N+]1(C2CC2)Cc2cc(F)cc(Cl)c2C1=O. The number of quaternary nitrogens is 1. The van der Waals surface area contributed by atoms with Crippen molar-refractivity contribution in [2.45, 2.75) is 25.4 Å². The van der Waals surface area contributed by atoms with Crippen LogP contribution in [0.5, 0.6) is 0 Å². The molecule has 0 aromatic heterocycles. The Morgan fingerprint density at radius 2 is 2.12 bits per heavy atom. The summed E-state index contributed by atoms with van der Waals surface area (Å²) in [6, 6.07) is 3.06. The first-order valence-electron chi connectivity index (χ1n) is 5.40. The Balaban J connectivity index is 2.13. The van der Waals surface area contributed by atoms with Crippen molar-refractivity contribution in [3.05, 3.63) is 34.1 Å². The number of fused-ring (bicyclic) bond motifs is 1. The second-order valence-electron chi connectivity index (χ2n) is 4.88. The van der Waals surface area contributed by atoms with Gasteiger partial charge >= 0.3 is 5.91 Å². The third kappa shape index (κ3) is 1.25. The number of benzene rings is 1. The fourth-order valence-electron chi connectivity index (χ4n) is 2.61. The topological polar surface area (TPSA) is 17.1 Å². The van der Waals surface area contributed by atoms with Crippen molar-refractivity contribution in [1.29, 1.82) is 0 Å². The Morgan fingerprint density at radius 1 is 1.44 bits per heavy atom. The first-order chi connectivity index (χ1) is 7.52. The number of hydrogen-bond acceptors (Lipinski definition) is 1. The van der Waals surface area contributed by atoms with Gasteiger partial charge in [0, 0.05) is 18.4 Å². The highest BCUT2D eigenvalue weighted by molar-refractivity contribution is 6.33. The van der Waals surface area contributed by atoms with Gasteiger partial charge in [0.15, 0.2) is 0 Å². The minimum Gasteiger partial charge on any atom is -0.252 e. The van der Waals surface area contributed by atoms with Crippen LogP contribution in [0.25, 0.3) is 0 Å². The van der Waals surface area contributed by atoms with Crippen LogP contribution >= 0.6 is 11.6 Å². The summed E-state index contributed by atoms with van der Waals surface area (Å²) < 4.78 is 13.6. The van der Waals surface area contributed by atoms with Crippen LogP contribution in [0.1, 0.15) is 28.8 Å². The van der Waals surface area contributed by atoms with Crippen LogP contribution in [0.15, 0.2) is 12.1 Å². The van der Waals surface area contributed by atoms with E-state index in [0.29, 0.717) is 22.6 Å². The Labute approximate surface area is 98.2 Å². The summed E-state index contributed by atoms with van der Waals surface area (Å²) in [4.78, 5) is 12.3. The van der Waals surface area contributed by atoms with Crippen molar-refractivity contribution in [2.75, 3.05) is 7.05 Å². The zero-order chi connectivity index (χ0) is 11.5. The van der Waals surface area contributed by atoms with E-state index >= 15 is 0 Å². The monoisotopic (exact) mass is 240 g/mol. The average molecular weight is 241 g/mol. The van der Waals surface area contributed by atoms with E-state index < -0.39 is 0 Å². The molecule has 1 aromatic rings. The molecule has 0 bridgehead atoms. The van der Waals surface area contributed by atoms with E-state index in [0.717, 1.165) is 18.4 Å². The number of rotatable bonds is 1. The van der Waals surface area contributed by atoms with Gasteiger partial charge in [0.05, 0.1) is 18.1 Å². The van der Waals surface area contributed by atoms with Crippen LogP contribution < -0.4 is 0 Å². The largest absolute Gasteiger partial charge is 0.348 e. The fraction of sp³-hybridized carbons (Fsp3) is 0.417. The molecule has 2 nitrogen and oxygen atoms in total. The van der Waals surface area contributed by atoms with Crippen molar-refractivity contribution >= 4 is 17.5 Å². The zero-order valence-electron chi connectivity index (χ0n) is 8.96. The third-order valence-corrected chi connectivity index (χ3v) is 3.96. The van der Waals surface area contributed by atoms with Crippen LogP contribution in [0.3, 0.4) is 0 Å². The van der Waals surface area contributed by atoms with Crippen LogP contribution in [0, 0.1) is 5.82 Å². The van der Waals surface area contributed by atoms with Crippen LogP contribution in [0.4, 0.5) is 4.39 Å². The number of carbonyl (C=O) groups is 1. The van der Waals surface area contributed by atoms with E-state index in [4.69, 9.17) is 11.6 Å². The van der Waals surface area contributed by atoms with Gasteiger partial charge in [0.1, 0.15) is 17.9 Å². The minimum atomic E-state index is -0.360. The van der Waals surface area contributed by atoms with Crippen LogP contribution in [-0.4, -0.2) is 23.5 Å². The van der Waals surface area contributed by atoms with Gasteiger partial charge in [0.25, 0.3) is 0 Å². The van der Waals surface area contributed by atoms with Crippen LogP contribution in [-0.2, 0) is 6.54 Å². The van der Waals surface area contributed by atoms with E-state index in [9.17, 15) is 9.18 Å². The summed E-state index contributed by atoms with van der Waals surface area (Å²) in [6.07, 6.45) is 2.16. The molecule has 1 atom stereocenters. The molecule has 1 heterocycles. The Kier molecular flexibility index (Phi) is 1.95. The van der Waals surface area contributed by atoms with Gasteiger partial charge in [-0.2, -0.15) is 0 Å². The third-order valence-electron chi connectivity index (χ3n) is 3.67. The maximum atomic E-state index is 13.2. The van der Waals surface area contributed by atoms with Crippen molar-refractivity contribution in [3.63, 3.8) is 0 Å². The maximum absolute atomic E-state index is 13.2. The summed E-state index contributed by atoms with van der Waals surface area (Å²) >= 11 is 5.95. The molecular formula is C12H12ClFNO+. The lowest BCUT2D eigenvalue weighted by Crippen LogP contribution is -2.46. The van der Waals surface area contributed by atoms with Gasteiger partial charge in [-0.05, 0) is 12.1 Å². The number of hydrogen-bond donors (Lipinski definition) is 0. The normalized spacial score (nSPS) is 28.3. The molecule has 1 fully saturated rings. The molecule has 1 aromatic carbocycles. The van der Waals surface area contributed by atoms with Gasteiger partial charge in [-0.1, -0.05) is 11.6 Å². The first kappa shape index (κ1) is 10.2. The fourth-order valence-corrected chi connectivity index (χ4v) is 2.92. The highest BCUT2D eigenvalue weighted by Gasteiger charge is 2.53. The van der Waals surface area contributed by atoms with Gasteiger partial charge in [-0.3, -0.25) is 4.48 Å². The van der Waals surface area contributed by atoms with Gasteiger partial charge in [-0.25, -0.2) is 9.18 Å². The lowest BCUT2D eigenvalue weighted by Gasteiger charge is -2.25. The number of amides is 1. The van der Waals surface area contributed by atoms with E-state index in [1.807, 2.05) is 7.05 Å². The Hall–Kier alpha value is -0.930. The summed E-state index contributed by atoms with van der Waals surface area (Å²) in [5, 5.41) is 0.252. The molecule has 1 aliphatic heterocycles. The predicted octanol–water partition coefficient (Wildman–Crippen LogP) is 2.74. The van der Waals surface area contributed by atoms with E-state index in [-0.39, 0.29) is 16.7 Å². The molecule has 1 unspecified atom stereocenters. The summed E-state index contributed by atoms with van der Waals surface area (Å²) in [7, 11) is 1.92. The minimum absolute atomic E-state index is 0.0440. The van der Waals surface area contributed by atoms with Crippen molar-refractivity contribution < 1.29 is 13.7 Å². The zero-order valence-corrected chi connectivity index (χ0v) is 9.72. The average Bonchev–Trinajstić information content (AvgIpc) is 2.95.